The molecule has 0 spiro atoms. The summed E-state index contributed by atoms with van der Waals surface area (Å²) < 4.78 is 28.6. The fraction of sp³-hybridized carbons (Fsp3) is 0.300. The summed E-state index contributed by atoms with van der Waals surface area (Å²) in [5.41, 5.74) is 1.33. The Hall–Kier alpha value is -2.68. The SMILES string of the molecule is O=C(CN1CCN(C(O)c2cccn3ccnc23)CC1)c1ccc(F)cc1F. The highest BCUT2D eigenvalue weighted by Crippen LogP contribution is 2.23. The summed E-state index contributed by atoms with van der Waals surface area (Å²) in [6.07, 6.45) is 4.59. The number of aromatic nitrogens is 2. The van der Waals surface area contributed by atoms with Crippen molar-refractivity contribution in [3.8, 4) is 0 Å². The van der Waals surface area contributed by atoms with Gasteiger partial charge in [-0.2, -0.15) is 0 Å². The molecular weight excluding hydrogens is 366 g/mol. The molecule has 0 saturated carbocycles. The predicted molar refractivity (Wildman–Crippen MR) is 98.9 cm³/mol. The number of nitrogens with zero attached hydrogens (tertiary/aromatic N) is 4. The molecule has 1 aromatic carbocycles. The molecular formula is C20H20F2N4O2. The average molecular weight is 386 g/mol. The lowest BCUT2D eigenvalue weighted by atomic mass is 10.1. The van der Waals surface area contributed by atoms with Gasteiger partial charge in [0.1, 0.15) is 23.5 Å². The Balaban J connectivity index is 1.38. The molecule has 1 N–H and O–H groups in total. The van der Waals surface area contributed by atoms with Gasteiger partial charge in [0.05, 0.1) is 12.1 Å². The van der Waals surface area contributed by atoms with Crippen molar-refractivity contribution in [3.05, 3.63) is 71.7 Å². The second-order valence-electron chi connectivity index (χ2n) is 6.85. The van der Waals surface area contributed by atoms with E-state index in [1.165, 1.54) is 6.07 Å². The number of aliphatic hydroxyl groups is 1. The van der Waals surface area contributed by atoms with Gasteiger partial charge < -0.3 is 9.51 Å². The average Bonchev–Trinajstić information content (AvgIpc) is 3.17. The highest BCUT2D eigenvalue weighted by molar-refractivity contribution is 5.97. The van der Waals surface area contributed by atoms with Crippen molar-refractivity contribution < 1.29 is 18.7 Å². The van der Waals surface area contributed by atoms with E-state index in [-0.39, 0.29) is 17.9 Å². The van der Waals surface area contributed by atoms with Crippen LogP contribution >= 0.6 is 0 Å². The van der Waals surface area contributed by atoms with Gasteiger partial charge in [-0.3, -0.25) is 14.6 Å². The quantitative estimate of drug-likeness (QED) is 0.681. The molecule has 1 saturated heterocycles. The van der Waals surface area contributed by atoms with Crippen molar-refractivity contribution >= 4 is 11.4 Å². The van der Waals surface area contributed by atoms with Gasteiger partial charge >= 0.3 is 0 Å². The van der Waals surface area contributed by atoms with Crippen LogP contribution in [0.5, 0.6) is 0 Å². The van der Waals surface area contributed by atoms with Crippen molar-refractivity contribution in [2.75, 3.05) is 32.7 Å². The fourth-order valence-corrected chi connectivity index (χ4v) is 3.54. The lowest BCUT2D eigenvalue weighted by Crippen LogP contribution is -2.49. The fourth-order valence-electron chi connectivity index (χ4n) is 3.54. The van der Waals surface area contributed by atoms with Crippen LogP contribution in [0.1, 0.15) is 22.1 Å². The monoisotopic (exact) mass is 386 g/mol. The Labute approximate surface area is 160 Å². The van der Waals surface area contributed by atoms with Crippen LogP contribution in [0.3, 0.4) is 0 Å². The molecule has 146 valence electrons. The van der Waals surface area contributed by atoms with Crippen LogP contribution in [0.25, 0.3) is 5.65 Å². The number of aliphatic hydroxyl groups excluding tert-OH is 1. The Morgan fingerprint density at radius 1 is 1.14 bits per heavy atom. The first-order valence-electron chi connectivity index (χ1n) is 9.07. The third-order valence-corrected chi connectivity index (χ3v) is 5.08. The number of imidazole rings is 1. The Kier molecular flexibility index (Phi) is 5.17. The predicted octanol–water partition coefficient (Wildman–Crippen LogP) is 2.10. The first kappa shape index (κ1) is 18.7. The van der Waals surface area contributed by atoms with Gasteiger partial charge in [0.2, 0.25) is 0 Å². The largest absolute Gasteiger partial charge is 0.374 e. The first-order chi connectivity index (χ1) is 13.5. The van der Waals surface area contributed by atoms with E-state index in [0.29, 0.717) is 31.8 Å². The Morgan fingerprint density at radius 3 is 2.68 bits per heavy atom. The number of carbonyl (C=O) groups excluding carboxylic acids is 1. The van der Waals surface area contributed by atoms with Gasteiger partial charge in [0.25, 0.3) is 0 Å². The minimum absolute atomic E-state index is 0.0579. The van der Waals surface area contributed by atoms with Crippen LogP contribution in [0, 0.1) is 11.6 Å². The number of benzene rings is 1. The maximum absolute atomic E-state index is 13.8. The van der Waals surface area contributed by atoms with Gasteiger partial charge in [-0.25, -0.2) is 13.8 Å². The molecule has 28 heavy (non-hydrogen) atoms. The van der Waals surface area contributed by atoms with E-state index >= 15 is 0 Å². The zero-order valence-corrected chi connectivity index (χ0v) is 15.1. The molecule has 0 radical (unpaired) electrons. The van der Waals surface area contributed by atoms with Crippen molar-refractivity contribution in [2.45, 2.75) is 6.23 Å². The highest BCUT2D eigenvalue weighted by Gasteiger charge is 2.26. The molecule has 0 aliphatic carbocycles. The maximum atomic E-state index is 13.8. The van der Waals surface area contributed by atoms with E-state index in [2.05, 4.69) is 4.98 Å². The Morgan fingerprint density at radius 2 is 1.93 bits per heavy atom. The molecule has 1 fully saturated rings. The number of rotatable bonds is 5. The molecule has 1 unspecified atom stereocenters. The lowest BCUT2D eigenvalue weighted by molar-refractivity contribution is -0.0254. The van der Waals surface area contributed by atoms with Crippen LogP contribution in [0.2, 0.25) is 0 Å². The standard InChI is InChI=1S/C20H20F2N4O2/c21-14-3-4-15(17(22)12-14)18(27)13-24-8-10-26(11-9-24)20(28)16-2-1-6-25-7-5-23-19(16)25/h1-7,12,20,28H,8-11,13H2. The number of hydrogen-bond donors (Lipinski definition) is 1. The van der Waals surface area contributed by atoms with Crippen molar-refractivity contribution in [3.63, 3.8) is 0 Å². The third kappa shape index (κ3) is 3.66. The summed E-state index contributed by atoms with van der Waals surface area (Å²) in [4.78, 5) is 20.4. The third-order valence-electron chi connectivity index (χ3n) is 5.08. The molecule has 4 rings (SSSR count). The van der Waals surface area contributed by atoms with E-state index < -0.39 is 17.9 Å². The van der Waals surface area contributed by atoms with Gasteiger partial charge in [-0.15, -0.1) is 0 Å². The number of hydrogen-bond acceptors (Lipinski definition) is 5. The second kappa shape index (κ2) is 7.75. The van der Waals surface area contributed by atoms with Gasteiger partial charge in [0.15, 0.2) is 5.78 Å². The van der Waals surface area contributed by atoms with Crippen LogP contribution in [0.4, 0.5) is 8.78 Å². The molecule has 0 amide bonds. The number of carbonyl (C=O) groups is 1. The number of piperazine rings is 1. The molecule has 3 heterocycles. The van der Waals surface area contributed by atoms with Crippen LogP contribution < -0.4 is 0 Å². The smallest absolute Gasteiger partial charge is 0.179 e. The van der Waals surface area contributed by atoms with Crippen molar-refractivity contribution in [2.24, 2.45) is 0 Å². The van der Waals surface area contributed by atoms with E-state index in [4.69, 9.17) is 0 Å². The summed E-state index contributed by atoms with van der Waals surface area (Å²) in [7, 11) is 0. The van der Waals surface area contributed by atoms with E-state index in [1.54, 1.807) is 6.20 Å². The first-order valence-corrected chi connectivity index (χ1v) is 9.07. The number of pyridine rings is 1. The number of fused-ring (bicyclic) bond motifs is 1. The van der Waals surface area contributed by atoms with Gasteiger partial charge in [0, 0.05) is 56.4 Å². The normalized spacial score (nSPS) is 17.1. The lowest BCUT2D eigenvalue weighted by Gasteiger charge is -2.37. The molecule has 6 nitrogen and oxygen atoms in total. The summed E-state index contributed by atoms with van der Waals surface area (Å²) in [6.45, 7) is 2.29. The Bertz CT molecular complexity index is 999. The topological polar surface area (TPSA) is 61.1 Å². The summed E-state index contributed by atoms with van der Waals surface area (Å²) in [5, 5.41) is 10.8. The molecule has 1 aliphatic heterocycles. The molecule has 3 aromatic rings. The number of Topliss-reactive ketones (excluding diaryl/α,β-unsaturated/α-hetero) is 1. The summed E-state index contributed by atoms with van der Waals surface area (Å²) in [6, 6.07) is 6.69. The van der Waals surface area contributed by atoms with E-state index in [9.17, 15) is 18.7 Å². The summed E-state index contributed by atoms with van der Waals surface area (Å²) in [5.74, 6) is -1.93. The molecule has 1 atom stereocenters. The van der Waals surface area contributed by atoms with Crippen LogP contribution in [-0.4, -0.2) is 62.8 Å². The molecule has 0 bridgehead atoms. The maximum Gasteiger partial charge on any atom is 0.179 e. The van der Waals surface area contributed by atoms with Gasteiger partial charge in [-0.05, 0) is 24.3 Å². The van der Waals surface area contributed by atoms with E-state index in [0.717, 1.165) is 17.7 Å². The van der Waals surface area contributed by atoms with Crippen molar-refractivity contribution in [1.82, 2.24) is 19.2 Å². The molecule has 1 aliphatic rings. The second-order valence-corrected chi connectivity index (χ2v) is 6.85. The number of ketones is 1. The zero-order valence-electron chi connectivity index (χ0n) is 15.1. The zero-order chi connectivity index (χ0) is 19.7. The van der Waals surface area contributed by atoms with Crippen LogP contribution in [-0.2, 0) is 0 Å². The van der Waals surface area contributed by atoms with E-state index in [1.807, 2.05) is 38.7 Å². The summed E-state index contributed by atoms with van der Waals surface area (Å²) >= 11 is 0. The van der Waals surface area contributed by atoms with Gasteiger partial charge in [-0.1, -0.05) is 0 Å². The minimum Gasteiger partial charge on any atom is -0.374 e. The highest BCUT2D eigenvalue weighted by atomic mass is 19.1. The minimum atomic E-state index is -0.841. The van der Waals surface area contributed by atoms with Crippen molar-refractivity contribution in [1.29, 1.82) is 0 Å². The molecule has 8 heteroatoms. The number of halogens is 2. The molecule has 2 aromatic heterocycles. The van der Waals surface area contributed by atoms with Crippen LogP contribution in [0.15, 0.2) is 48.9 Å².